The Morgan fingerprint density at radius 3 is 2.50 bits per heavy atom. The molecule has 1 aromatic heterocycles. The molecule has 1 heterocycles. The minimum absolute atomic E-state index is 0.389. The smallest absolute Gasteiger partial charge is 0.185 e. The summed E-state index contributed by atoms with van der Waals surface area (Å²) in [5, 5.41) is 4.50. The van der Waals surface area contributed by atoms with E-state index in [-0.39, 0.29) is 0 Å². The van der Waals surface area contributed by atoms with E-state index in [4.69, 9.17) is 4.98 Å². The van der Waals surface area contributed by atoms with Crippen molar-refractivity contribution in [1.29, 1.82) is 0 Å². The molecular formula is C16H29N3S. The van der Waals surface area contributed by atoms with Gasteiger partial charge in [0.25, 0.3) is 0 Å². The van der Waals surface area contributed by atoms with Crippen molar-refractivity contribution in [2.24, 2.45) is 5.41 Å². The molecule has 114 valence electrons. The van der Waals surface area contributed by atoms with Crippen LogP contribution in [0.2, 0.25) is 0 Å². The Morgan fingerprint density at radius 2 is 1.95 bits per heavy atom. The van der Waals surface area contributed by atoms with E-state index in [9.17, 15) is 0 Å². The topological polar surface area (TPSA) is 28.2 Å². The summed E-state index contributed by atoms with van der Waals surface area (Å²) in [5.41, 5.74) is 1.71. The molecule has 0 amide bonds. The summed E-state index contributed by atoms with van der Waals surface area (Å²) in [4.78, 5) is 8.58. The van der Waals surface area contributed by atoms with E-state index < -0.39 is 0 Å². The Bertz CT molecular complexity index is 443. The Kier molecular flexibility index (Phi) is 4.75. The summed E-state index contributed by atoms with van der Waals surface area (Å²) >= 11 is 1.85. The van der Waals surface area contributed by atoms with Crippen LogP contribution in [0.3, 0.4) is 0 Å². The molecule has 0 radical (unpaired) electrons. The number of aromatic nitrogens is 1. The molecule has 0 spiro atoms. The number of thiazole rings is 1. The number of hydrogen-bond acceptors (Lipinski definition) is 4. The van der Waals surface area contributed by atoms with Crippen molar-refractivity contribution >= 4 is 16.5 Å². The van der Waals surface area contributed by atoms with E-state index >= 15 is 0 Å². The first kappa shape index (κ1) is 15.8. The Morgan fingerprint density at radius 1 is 1.35 bits per heavy atom. The Balaban J connectivity index is 2.08. The zero-order chi connectivity index (χ0) is 14.9. The third kappa shape index (κ3) is 3.34. The second kappa shape index (κ2) is 6.02. The molecule has 0 aromatic carbocycles. The molecule has 3 nitrogen and oxygen atoms in total. The van der Waals surface area contributed by atoms with Crippen LogP contribution >= 0.6 is 11.3 Å². The summed E-state index contributed by atoms with van der Waals surface area (Å²) in [5.74, 6) is 0. The average Bonchev–Trinajstić information content (AvgIpc) is 2.79. The van der Waals surface area contributed by atoms with Gasteiger partial charge in [0.15, 0.2) is 5.13 Å². The molecular weight excluding hydrogens is 266 g/mol. The summed E-state index contributed by atoms with van der Waals surface area (Å²) in [6, 6.07) is 1.05. The van der Waals surface area contributed by atoms with Crippen LogP contribution in [0.15, 0.2) is 0 Å². The fraction of sp³-hybridized carbons (Fsp3) is 0.812. The summed E-state index contributed by atoms with van der Waals surface area (Å²) < 4.78 is 0. The fourth-order valence-corrected chi connectivity index (χ4v) is 4.17. The second-order valence-corrected chi connectivity index (χ2v) is 7.97. The first-order chi connectivity index (χ1) is 9.34. The quantitative estimate of drug-likeness (QED) is 0.905. The normalized spacial score (nSPS) is 20.9. The van der Waals surface area contributed by atoms with Crippen molar-refractivity contribution in [2.45, 2.75) is 65.5 Å². The van der Waals surface area contributed by atoms with Gasteiger partial charge in [0.2, 0.25) is 0 Å². The van der Waals surface area contributed by atoms with Gasteiger partial charge in [0.1, 0.15) is 0 Å². The van der Waals surface area contributed by atoms with Crippen LogP contribution in [0, 0.1) is 12.3 Å². The maximum absolute atomic E-state index is 4.80. The van der Waals surface area contributed by atoms with E-state index in [1.807, 2.05) is 18.4 Å². The molecule has 4 heteroatoms. The van der Waals surface area contributed by atoms with Crippen molar-refractivity contribution in [3.05, 3.63) is 10.6 Å². The SMILES string of the molecule is CNC(C)c1sc(N(C)C2CCC(C)(C)CC2)nc1C. The molecule has 20 heavy (non-hydrogen) atoms. The van der Waals surface area contributed by atoms with Crippen LogP contribution in [0.1, 0.15) is 63.1 Å². The van der Waals surface area contributed by atoms with Crippen molar-refractivity contribution in [3.8, 4) is 0 Å². The van der Waals surface area contributed by atoms with Gasteiger partial charge in [-0.25, -0.2) is 4.98 Å². The number of nitrogens with one attached hydrogen (secondary N) is 1. The van der Waals surface area contributed by atoms with E-state index in [0.717, 1.165) is 0 Å². The average molecular weight is 295 g/mol. The molecule has 0 bridgehead atoms. The van der Waals surface area contributed by atoms with Crippen LogP contribution in [0.4, 0.5) is 5.13 Å². The highest BCUT2D eigenvalue weighted by Gasteiger charge is 2.30. The highest BCUT2D eigenvalue weighted by atomic mass is 32.1. The van der Waals surface area contributed by atoms with Crippen molar-refractivity contribution in [1.82, 2.24) is 10.3 Å². The molecule has 1 saturated carbocycles. The van der Waals surface area contributed by atoms with Gasteiger partial charge in [0.05, 0.1) is 5.69 Å². The molecule has 0 saturated heterocycles. The van der Waals surface area contributed by atoms with Crippen molar-refractivity contribution in [2.75, 3.05) is 19.0 Å². The molecule has 0 aliphatic heterocycles. The first-order valence-corrected chi connectivity index (χ1v) is 8.53. The van der Waals surface area contributed by atoms with Crippen LogP contribution in [-0.4, -0.2) is 25.1 Å². The molecule has 1 unspecified atom stereocenters. The minimum atomic E-state index is 0.389. The minimum Gasteiger partial charge on any atom is -0.348 e. The molecule has 1 aliphatic carbocycles. The lowest BCUT2D eigenvalue weighted by atomic mass is 9.75. The standard InChI is InChI=1S/C16H29N3S/c1-11(17-5)14-12(2)18-15(20-14)19(6)13-7-9-16(3,4)10-8-13/h11,13,17H,7-10H2,1-6H3. The molecule has 1 aliphatic rings. The third-order valence-corrected chi connectivity index (χ3v) is 6.24. The van der Waals surface area contributed by atoms with Gasteiger partial charge in [-0.3, -0.25) is 0 Å². The molecule has 1 N–H and O–H groups in total. The Labute approximate surface area is 127 Å². The van der Waals surface area contributed by atoms with E-state index in [1.54, 1.807) is 0 Å². The van der Waals surface area contributed by atoms with Crippen molar-refractivity contribution < 1.29 is 0 Å². The monoisotopic (exact) mass is 295 g/mol. The van der Waals surface area contributed by atoms with Gasteiger partial charge in [-0.1, -0.05) is 13.8 Å². The lowest BCUT2D eigenvalue weighted by Crippen LogP contribution is -2.37. The van der Waals surface area contributed by atoms with Crippen LogP contribution in [0.25, 0.3) is 0 Å². The predicted octanol–water partition coefficient (Wildman–Crippen LogP) is 4.14. The maximum Gasteiger partial charge on any atom is 0.185 e. The van der Waals surface area contributed by atoms with Gasteiger partial charge in [0, 0.05) is 24.0 Å². The second-order valence-electron chi connectivity index (χ2n) is 6.96. The maximum atomic E-state index is 4.80. The number of aryl methyl sites for hydroxylation is 1. The molecule has 1 fully saturated rings. The fourth-order valence-electron chi connectivity index (χ4n) is 3.00. The van der Waals surface area contributed by atoms with Gasteiger partial charge in [-0.2, -0.15) is 0 Å². The molecule has 2 rings (SSSR count). The number of hydrogen-bond donors (Lipinski definition) is 1. The highest BCUT2D eigenvalue weighted by molar-refractivity contribution is 7.15. The number of nitrogens with zero attached hydrogens (tertiary/aromatic N) is 2. The van der Waals surface area contributed by atoms with Gasteiger partial charge in [-0.15, -0.1) is 11.3 Å². The summed E-state index contributed by atoms with van der Waals surface area (Å²) in [6.45, 7) is 9.11. The predicted molar refractivity (Wildman–Crippen MR) is 88.8 cm³/mol. The lowest BCUT2D eigenvalue weighted by molar-refractivity contribution is 0.222. The summed E-state index contributed by atoms with van der Waals surface area (Å²) in [6.07, 6.45) is 5.23. The van der Waals surface area contributed by atoms with Gasteiger partial charge >= 0.3 is 0 Å². The summed E-state index contributed by atoms with van der Waals surface area (Å²) in [7, 11) is 4.23. The zero-order valence-corrected chi connectivity index (χ0v) is 14.6. The third-order valence-electron chi connectivity index (χ3n) is 4.81. The van der Waals surface area contributed by atoms with E-state index in [1.165, 1.54) is 41.4 Å². The van der Waals surface area contributed by atoms with E-state index in [2.05, 4.69) is 45.0 Å². The largest absolute Gasteiger partial charge is 0.348 e. The highest BCUT2D eigenvalue weighted by Crippen LogP contribution is 2.39. The van der Waals surface area contributed by atoms with Crippen LogP contribution in [0.5, 0.6) is 0 Å². The van der Waals surface area contributed by atoms with E-state index in [0.29, 0.717) is 17.5 Å². The lowest BCUT2D eigenvalue weighted by Gasteiger charge is -2.38. The number of rotatable bonds is 4. The van der Waals surface area contributed by atoms with Crippen molar-refractivity contribution in [3.63, 3.8) is 0 Å². The first-order valence-electron chi connectivity index (χ1n) is 7.71. The van der Waals surface area contributed by atoms with Crippen LogP contribution < -0.4 is 10.2 Å². The number of anilines is 1. The van der Waals surface area contributed by atoms with Gasteiger partial charge in [-0.05, 0) is 52.0 Å². The molecule has 1 atom stereocenters. The molecule has 1 aromatic rings. The Hall–Kier alpha value is -0.610. The van der Waals surface area contributed by atoms with Crippen LogP contribution in [-0.2, 0) is 0 Å². The zero-order valence-electron chi connectivity index (χ0n) is 13.8. The van der Waals surface area contributed by atoms with Gasteiger partial charge < -0.3 is 10.2 Å².